The molecule has 5 heteroatoms. The fourth-order valence-electron chi connectivity index (χ4n) is 3.34. The van der Waals surface area contributed by atoms with Gasteiger partial charge in [0.2, 0.25) is 0 Å². The van der Waals surface area contributed by atoms with Crippen molar-refractivity contribution >= 4 is 16.8 Å². The summed E-state index contributed by atoms with van der Waals surface area (Å²) in [5.41, 5.74) is 5.45. The van der Waals surface area contributed by atoms with Crippen LogP contribution in [-0.2, 0) is 6.54 Å². The molecule has 0 radical (unpaired) electrons. The van der Waals surface area contributed by atoms with E-state index in [0.717, 1.165) is 33.2 Å². The van der Waals surface area contributed by atoms with Gasteiger partial charge < -0.3 is 15.0 Å². The zero-order chi connectivity index (χ0) is 18.8. The first-order chi connectivity index (χ1) is 12.4. The monoisotopic (exact) mass is 354 g/mol. The van der Waals surface area contributed by atoms with E-state index in [0.29, 0.717) is 12.2 Å². The fourth-order valence-corrected chi connectivity index (χ4v) is 3.34. The van der Waals surface area contributed by atoms with Crippen LogP contribution in [0.15, 0.2) is 36.4 Å². The van der Waals surface area contributed by atoms with Gasteiger partial charge in [-0.3, -0.25) is 4.79 Å². The highest BCUT2D eigenvalue weighted by Crippen LogP contribution is 2.27. The van der Waals surface area contributed by atoms with Crippen molar-refractivity contribution in [1.82, 2.24) is 9.88 Å². The Kier molecular flexibility index (Phi) is 5.09. The van der Waals surface area contributed by atoms with E-state index >= 15 is 0 Å². The van der Waals surface area contributed by atoms with Gasteiger partial charge >= 0.3 is 0 Å². The number of hydrogen-bond acceptors (Lipinski definition) is 2. The van der Waals surface area contributed by atoms with Gasteiger partial charge in [-0.1, -0.05) is 23.8 Å². The van der Waals surface area contributed by atoms with Gasteiger partial charge in [-0.2, -0.15) is 0 Å². The molecule has 2 aromatic carbocycles. The van der Waals surface area contributed by atoms with Crippen LogP contribution in [0.1, 0.15) is 32.7 Å². The molecule has 0 saturated heterocycles. The van der Waals surface area contributed by atoms with Crippen LogP contribution < -0.4 is 0 Å². The number of aromatic nitrogens is 1. The molecule has 3 aromatic rings. The third-order valence-electron chi connectivity index (χ3n) is 4.67. The Hall–Kier alpha value is -2.66. The van der Waals surface area contributed by atoms with Crippen molar-refractivity contribution < 1.29 is 14.3 Å². The summed E-state index contributed by atoms with van der Waals surface area (Å²) in [7, 11) is 0. The number of rotatable bonds is 5. The molecule has 136 valence electrons. The number of H-pyrrole nitrogens is 1. The van der Waals surface area contributed by atoms with Gasteiger partial charge in [0.05, 0.1) is 6.61 Å². The van der Waals surface area contributed by atoms with Crippen LogP contribution >= 0.6 is 0 Å². The molecule has 0 unspecified atom stereocenters. The van der Waals surface area contributed by atoms with E-state index in [2.05, 4.69) is 17.1 Å². The van der Waals surface area contributed by atoms with Crippen molar-refractivity contribution in [2.45, 2.75) is 27.3 Å². The molecule has 2 N–H and O–H groups in total. The van der Waals surface area contributed by atoms with Crippen LogP contribution in [0.2, 0.25) is 0 Å². The first kappa shape index (κ1) is 18.1. The minimum Gasteiger partial charge on any atom is -0.395 e. The summed E-state index contributed by atoms with van der Waals surface area (Å²) in [5.74, 6) is -0.486. The normalized spacial score (nSPS) is 11.1. The molecule has 0 fully saturated rings. The van der Waals surface area contributed by atoms with Gasteiger partial charge in [0.1, 0.15) is 11.5 Å². The zero-order valence-corrected chi connectivity index (χ0v) is 15.3. The number of carbonyl (C=O) groups is 1. The second kappa shape index (κ2) is 7.30. The number of aliphatic hydroxyl groups is 1. The Bertz CT molecular complexity index is 945. The predicted octanol–water partition coefficient (Wildman–Crippen LogP) is 3.87. The van der Waals surface area contributed by atoms with Crippen LogP contribution in [-0.4, -0.2) is 34.0 Å². The molecular weight excluding hydrogens is 331 g/mol. The lowest BCUT2D eigenvalue weighted by molar-refractivity contribution is 0.0702. The van der Waals surface area contributed by atoms with Gasteiger partial charge in [-0.05, 0) is 55.7 Å². The quantitative estimate of drug-likeness (QED) is 0.731. The van der Waals surface area contributed by atoms with Gasteiger partial charge in [0, 0.05) is 24.0 Å². The third kappa shape index (κ3) is 3.48. The van der Waals surface area contributed by atoms with E-state index in [1.165, 1.54) is 12.1 Å². The number of nitrogens with zero attached hydrogens (tertiary/aromatic N) is 1. The van der Waals surface area contributed by atoms with Gasteiger partial charge in [0.25, 0.3) is 5.91 Å². The second-order valence-electron chi connectivity index (χ2n) is 6.71. The summed E-state index contributed by atoms with van der Waals surface area (Å²) in [6, 6.07) is 10.2. The molecule has 26 heavy (non-hydrogen) atoms. The number of benzene rings is 2. The van der Waals surface area contributed by atoms with Crippen LogP contribution in [0, 0.1) is 26.6 Å². The second-order valence-corrected chi connectivity index (χ2v) is 6.71. The standard InChI is InChI=1S/C21H23FN2O2/c1-13-10-14(2)19-18(11-13)15(3)20(23-19)21(26)24(8-9-25)12-16-4-6-17(22)7-5-16/h4-7,10-11,23,25H,8-9,12H2,1-3H3. The van der Waals surface area contributed by atoms with E-state index < -0.39 is 0 Å². The van der Waals surface area contributed by atoms with Gasteiger partial charge in [-0.25, -0.2) is 4.39 Å². The number of aromatic amines is 1. The topological polar surface area (TPSA) is 56.3 Å². The van der Waals surface area contributed by atoms with Crippen molar-refractivity contribution in [2.24, 2.45) is 0 Å². The average Bonchev–Trinajstić information content (AvgIpc) is 2.93. The number of halogens is 1. The molecule has 0 aliphatic carbocycles. The van der Waals surface area contributed by atoms with Gasteiger partial charge in [0.15, 0.2) is 0 Å². The molecule has 0 saturated carbocycles. The molecule has 0 bridgehead atoms. The summed E-state index contributed by atoms with van der Waals surface area (Å²) in [4.78, 5) is 17.9. The Morgan fingerprint density at radius 3 is 2.50 bits per heavy atom. The lowest BCUT2D eigenvalue weighted by Gasteiger charge is -2.21. The maximum absolute atomic E-state index is 13.1. The van der Waals surface area contributed by atoms with Crippen molar-refractivity contribution in [1.29, 1.82) is 0 Å². The van der Waals surface area contributed by atoms with Crippen LogP contribution in [0.5, 0.6) is 0 Å². The molecule has 0 aliphatic heterocycles. The minimum atomic E-state index is -0.314. The largest absolute Gasteiger partial charge is 0.395 e. The maximum atomic E-state index is 13.1. The highest BCUT2D eigenvalue weighted by Gasteiger charge is 2.21. The molecule has 0 aliphatic rings. The summed E-state index contributed by atoms with van der Waals surface area (Å²) < 4.78 is 13.1. The third-order valence-corrected chi connectivity index (χ3v) is 4.67. The average molecular weight is 354 g/mol. The molecule has 1 aromatic heterocycles. The van der Waals surface area contributed by atoms with E-state index in [4.69, 9.17) is 0 Å². The van der Waals surface area contributed by atoms with E-state index in [1.807, 2.05) is 20.8 Å². The SMILES string of the molecule is Cc1cc(C)c2[nH]c(C(=O)N(CCO)Cc3ccc(F)cc3)c(C)c2c1. The Balaban J connectivity index is 1.96. The molecule has 4 nitrogen and oxygen atoms in total. The van der Waals surface area contributed by atoms with Crippen LogP contribution in [0.4, 0.5) is 4.39 Å². The summed E-state index contributed by atoms with van der Waals surface area (Å²) in [5, 5.41) is 10.4. The number of amides is 1. The maximum Gasteiger partial charge on any atom is 0.270 e. The van der Waals surface area contributed by atoms with Crippen molar-refractivity contribution in [3.8, 4) is 0 Å². The summed E-state index contributed by atoms with van der Waals surface area (Å²) in [6.45, 7) is 6.37. The highest BCUT2D eigenvalue weighted by molar-refractivity contribution is 6.01. The van der Waals surface area contributed by atoms with E-state index in [-0.39, 0.29) is 24.9 Å². The first-order valence-electron chi connectivity index (χ1n) is 8.65. The number of hydrogen-bond donors (Lipinski definition) is 2. The number of nitrogens with one attached hydrogen (secondary N) is 1. The Labute approximate surface area is 152 Å². The highest BCUT2D eigenvalue weighted by atomic mass is 19.1. The lowest BCUT2D eigenvalue weighted by atomic mass is 10.1. The van der Waals surface area contributed by atoms with Crippen LogP contribution in [0.3, 0.4) is 0 Å². The Morgan fingerprint density at radius 1 is 1.15 bits per heavy atom. The Morgan fingerprint density at radius 2 is 1.85 bits per heavy atom. The minimum absolute atomic E-state index is 0.135. The van der Waals surface area contributed by atoms with E-state index in [9.17, 15) is 14.3 Å². The number of carbonyl (C=O) groups excluding carboxylic acids is 1. The lowest BCUT2D eigenvalue weighted by Crippen LogP contribution is -2.33. The van der Waals surface area contributed by atoms with Crippen molar-refractivity contribution in [2.75, 3.05) is 13.2 Å². The van der Waals surface area contributed by atoms with Crippen LogP contribution in [0.25, 0.3) is 10.9 Å². The first-order valence-corrected chi connectivity index (χ1v) is 8.65. The molecule has 0 spiro atoms. The smallest absolute Gasteiger partial charge is 0.270 e. The summed E-state index contributed by atoms with van der Waals surface area (Å²) >= 11 is 0. The van der Waals surface area contributed by atoms with Crippen molar-refractivity contribution in [3.63, 3.8) is 0 Å². The molecule has 1 amide bonds. The number of aryl methyl sites for hydroxylation is 3. The summed E-state index contributed by atoms with van der Waals surface area (Å²) in [6.07, 6.45) is 0. The zero-order valence-electron chi connectivity index (χ0n) is 15.3. The number of fused-ring (bicyclic) bond motifs is 1. The van der Waals surface area contributed by atoms with E-state index in [1.54, 1.807) is 17.0 Å². The molecular formula is C21H23FN2O2. The molecule has 0 atom stereocenters. The van der Waals surface area contributed by atoms with Gasteiger partial charge in [-0.15, -0.1) is 0 Å². The van der Waals surface area contributed by atoms with Crippen molar-refractivity contribution in [3.05, 3.63) is 70.2 Å². The molecule has 3 rings (SSSR count). The fraction of sp³-hybridized carbons (Fsp3) is 0.286. The molecule has 1 heterocycles. The predicted molar refractivity (Wildman–Crippen MR) is 101 cm³/mol. The number of aliphatic hydroxyl groups excluding tert-OH is 1.